The van der Waals surface area contributed by atoms with E-state index in [4.69, 9.17) is 0 Å². The minimum Gasteiger partial charge on any atom is -0.357 e. The summed E-state index contributed by atoms with van der Waals surface area (Å²) in [5, 5.41) is 3.01. The molecule has 2 N–H and O–H groups in total. The van der Waals surface area contributed by atoms with Crippen molar-refractivity contribution in [2.24, 2.45) is 0 Å². The van der Waals surface area contributed by atoms with Crippen LogP contribution in [0.2, 0.25) is 0 Å². The second kappa shape index (κ2) is 4.31. The minimum absolute atomic E-state index is 0.557. The summed E-state index contributed by atoms with van der Waals surface area (Å²) < 4.78 is 0. The Hall–Kier alpha value is -1.65. The van der Waals surface area contributed by atoms with Gasteiger partial charge in [-0.1, -0.05) is 19.3 Å². The average molecular weight is 231 g/mol. The highest BCUT2D eigenvalue weighted by Gasteiger charge is 2.21. The lowest BCUT2D eigenvalue weighted by Crippen LogP contribution is -2.09. The Morgan fingerprint density at radius 3 is 2.82 bits per heavy atom. The van der Waals surface area contributed by atoms with E-state index in [1.165, 1.54) is 32.1 Å². The van der Waals surface area contributed by atoms with Gasteiger partial charge >= 0.3 is 0 Å². The topological polar surface area (TPSA) is 66.5 Å². The lowest BCUT2D eigenvalue weighted by atomic mass is 9.86. The van der Waals surface area contributed by atoms with Crippen LogP contribution in [0.3, 0.4) is 0 Å². The number of aromatic nitrogens is 4. The third-order valence-electron chi connectivity index (χ3n) is 3.53. The van der Waals surface area contributed by atoms with Gasteiger partial charge in [-0.25, -0.2) is 9.97 Å². The molecule has 0 aromatic carbocycles. The largest absolute Gasteiger partial charge is 0.357 e. The molecule has 1 aliphatic rings. The molecule has 1 aliphatic carbocycles. The highest BCUT2D eigenvalue weighted by molar-refractivity contribution is 5.74. The number of hydrogen-bond acceptors (Lipinski definition) is 4. The molecular formula is C12H17N5. The monoisotopic (exact) mass is 231 g/mol. The predicted octanol–water partition coefficient (Wildman–Crippen LogP) is 2.44. The molecule has 0 saturated heterocycles. The highest BCUT2D eigenvalue weighted by Crippen LogP contribution is 2.34. The van der Waals surface area contributed by atoms with Gasteiger partial charge in [-0.15, -0.1) is 0 Å². The van der Waals surface area contributed by atoms with Gasteiger partial charge in [-0.05, 0) is 12.8 Å². The summed E-state index contributed by atoms with van der Waals surface area (Å²) in [6.45, 7) is 0. The Balaban J connectivity index is 2.08. The Kier molecular flexibility index (Phi) is 2.66. The van der Waals surface area contributed by atoms with E-state index in [9.17, 15) is 0 Å². The van der Waals surface area contributed by atoms with Crippen LogP contribution in [-0.4, -0.2) is 27.0 Å². The number of rotatable bonds is 2. The third kappa shape index (κ3) is 1.85. The van der Waals surface area contributed by atoms with Gasteiger partial charge in [-0.3, -0.25) is 0 Å². The van der Waals surface area contributed by atoms with Crippen LogP contribution in [0.25, 0.3) is 11.2 Å². The van der Waals surface area contributed by atoms with E-state index in [1.807, 2.05) is 7.05 Å². The summed E-state index contributed by atoms with van der Waals surface area (Å²) in [4.78, 5) is 16.4. The van der Waals surface area contributed by atoms with Crippen LogP contribution in [0.15, 0.2) is 6.33 Å². The predicted molar refractivity (Wildman–Crippen MR) is 67.1 cm³/mol. The first-order valence-corrected chi connectivity index (χ1v) is 6.27. The molecule has 17 heavy (non-hydrogen) atoms. The zero-order valence-corrected chi connectivity index (χ0v) is 10.0. The van der Waals surface area contributed by atoms with Crippen LogP contribution < -0.4 is 5.32 Å². The van der Waals surface area contributed by atoms with E-state index < -0.39 is 0 Å². The van der Waals surface area contributed by atoms with Gasteiger partial charge in [0.2, 0.25) is 5.95 Å². The molecule has 0 radical (unpaired) electrons. The van der Waals surface area contributed by atoms with Crippen molar-refractivity contribution in [1.29, 1.82) is 0 Å². The molecule has 1 saturated carbocycles. The van der Waals surface area contributed by atoms with E-state index in [1.54, 1.807) is 6.33 Å². The van der Waals surface area contributed by atoms with E-state index in [0.717, 1.165) is 16.9 Å². The first kappa shape index (κ1) is 10.5. The summed E-state index contributed by atoms with van der Waals surface area (Å²) in [6.07, 6.45) is 8.12. The SMILES string of the molecule is CNc1nc(C2CCCCC2)c2[nH]cnc2n1. The van der Waals surface area contributed by atoms with Crippen LogP contribution >= 0.6 is 0 Å². The maximum Gasteiger partial charge on any atom is 0.224 e. The highest BCUT2D eigenvalue weighted by atomic mass is 15.1. The zero-order chi connectivity index (χ0) is 11.7. The molecule has 0 amide bonds. The molecule has 3 rings (SSSR count). The maximum absolute atomic E-state index is 4.62. The van der Waals surface area contributed by atoms with Crippen molar-refractivity contribution in [2.45, 2.75) is 38.0 Å². The van der Waals surface area contributed by atoms with Crippen molar-refractivity contribution < 1.29 is 0 Å². The van der Waals surface area contributed by atoms with Crippen molar-refractivity contribution in [1.82, 2.24) is 19.9 Å². The van der Waals surface area contributed by atoms with Crippen LogP contribution in [0.5, 0.6) is 0 Å². The third-order valence-corrected chi connectivity index (χ3v) is 3.53. The van der Waals surface area contributed by atoms with Crippen molar-refractivity contribution in [3.63, 3.8) is 0 Å². The van der Waals surface area contributed by atoms with E-state index >= 15 is 0 Å². The molecule has 0 aliphatic heterocycles. The number of anilines is 1. The van der Waals surface area contributed by atoms with Crippen molar-refractivity contribution in [3.05, 3.63) is 12.0 Å². The Labute approximate surface area is 100 Å². The van der Waals surface area contributed by atoms with Crippen LogP contribution in [0.1, 0.15) is 43.7 Å². The molecule has 5 nitrogen and oxygen atoms in total. The van der Waals surface area contributed by atoms with E-state index in [-0.39, 0.29) is 0 Å². The minimum atomic E-state index is 0.557. The fourth-order valence-electron chi connectivity index (χ4n) is 2.64. The maximum atomic E-state index is 4.62. The normalized spacial score (nSPS) is 17.5. The molecule has 0 bridgehead atoms. The van der Waals surface area contributed by atoms with E-state index in [0.29, 0.717) is 11.9 Å². The Bertz CT molecular complexity index is 513. The molecule has 1 fully saturated rings. The fourth-order valence-corrected chi connectivity index (χ4v) is 2.64. The number of hydrogen-bond donors (Lipinski definition) is 2. The van der Waals surface area contributed by atoms with Crippen LogP contribution in [0.4, 0.5) is 5.95 Å². The smallest absolute Gasteiger partial charge is 0.224 e. The van der Waals surface area contributed by atoms with Crippen LogP contribution in [0, 0.1) is 0 Å². The summed E-state index contributed by atoms with van der Waals surface area (Å²) in [5.74, 6) is 1.23. The molecule has 0 atom stereocenters. The van der Waals surface area contributed by atoms with Gasteiger partial charge in [0.1, 0.15) is 5.52 Å². The van der Waals surface area contributed by atoms with E-state index in [2.05, 4.69) is 25.3 Å². The number of nitrogens with one attached hydrogen (secondary N) is 2. The molecule has 0 unspecified atom stereocenters. The van der Waals surface area contributed by atoms with Gasteiger partial charge < -0.3 is 10.3 Å². The van der Waals surface area contributed by atoms with Gasteiger partial charge in [0.25, 0.3) is 0 Å². The molecule has 0 spiro atoms. The van der Waals surface area contributed by atoms with Gasteiger partial charge in [-0.2, -0.15) is 4.98 Å². The summed E-state index contributed by atoms with van der Waals surface area (Å²) in [6, 6.07) is 0. The van der Waals surface area contributed by atoms with Gasteiger partial charge in [0.05, 0.1) is 12.0 Å². The zero-order valence-electron chi connectivity index (χ0n) is 10.0. The number of imidazole rings is 1. The standard InChI is InChI=1S/C12H17N5/c1-13-12-16-9(8-5-3-2-4-6-8)10-11(17-12)15-7-14-10/h7-8H,2-6H2,1H3,(H2,13,14,15,16,17). The van der Waals surface area contributed by atoms with Gasteiger partial charge in [0, 0.05) is 13.0 Å². The number of H-pyrrole nitrogens is 1. The number of fused-ring (bicyclic) bond motifs is 1. The quantitative estimate of drug-likeness (QED) is 0.833. The second-order valence-corrected chi connectivity index (χ2v) is 4.62. The molecule has 2 aromatic heterocycles. The summed E-state index contributed by atoms with van der Waals surface area (Å²) in [5.41, 5.74) is 2.91. The Morgan fingerprint density at radius 1 is 1.24 bits per heavy atom. The lowest BCUT2D eigenvalue weighted by Gasteiger charge is -2.21. The summed E-state index contributed by atoms with van der Waals surface area (Å²) in [7, 11) is 1.85. The van der Waals surface area contributed by atoms with Crippen molar-refractivity contribution in [2.75, 3.05) is 12.4 Å². The average Bonchev–Trinajstić information content (AvgIpc) is 2.86. The number of aromatic amines is 1. The lowest BCUT2D eigenvalue weighted by molar-refractivity contribution is 0.438. The first-order valence-electron chi connectivity index (χ1n) is 6.27. The molecule has 5 heteroatoms. The molecule has 90 valence electrons. The molecule has 2 aromatic rings. The van der Waals surface area contributed by atoms with Crippen molar-refractivity contribution >= 4 is 17.1 Å². The second-order valence-electron chi connectivity index (χ2n) is 4.62. The number of nitrogens with zero attached hydrogens (tertiary/aromatic N) is 3. The van der Waals surface area contributed by atoms with Gasteiger partial charge in [0.15, 0.2) is 5.65 Å². The van der Waals surface area contributed by atoms with Crippen LogP contribution in [-0.2, 0) is 0 Å². The fraction of sp³-hybridized carbons (Fsp3) is 0.583. The first-order chi connectivity index (χ1) is 8.38. The van der Waals surface area contributed by atoms with Crippen molar-refractivity contribution in [3.8, 4) is 0 Å². The molecular weight excluding hydrogens is 214 g/mol. The summed E-state index contributed by atoms with van der Waals surface area (Å²) >= 11 is 0. The molecule has 2 heterocycles. The Morgan fingerprint density at radius 2 is 2.06 bits per heavy atom.